The number of halogens is 7. The summed E-state index contributed by atoms with van der Waals surface area (Å²) >= 11 is 41.5. The first-order valence-corrected chi connectivity index (χ1v) is 50.8. The Bertz CT molecular complexity index is 9430. The van der Waals surface area contributed by atoms with E-state index in [4.69, 9.17) is 75.3 Å². The van der Waals surface area contributed by atoms with Crippen LogP contribution in [0.25, 0.3) is 215 Å². The summed E-state index contributed by atoms with van der Waals surface area (Å²) in [5, 5.41) is 40.0. The van der Waals surface area contributed by atoms with Crippen molar-refractivity contribution in [1.29, 1.82) is 0 Å². The molecule has 4 N–H and O–H groups in total. The second-order valence-electron chi connectivity index (χ2n) is 35.3. The van der Waals surface area contributed by atoms with E-state index in [0.29, 0.717) is 11.1 Å². The highest BCUT2D eigenvalue weighted by molar-refractivity contribution is 14.1. The molecule has 147 heavy (non-hydrogen) atoms. The van der Waals surface area contributed by atoms with Gasteiger partial charge in [0, 0.05) is 137 Å². The molecule has 28 rings (SSSR count). The number of anilines is 1. The molecule has 0 aliphatic carbocycles. The minimum atomic E-state index is -0.543. The molecule has 21 heteroatoms. The molecular weight excluding hydrogens is 2060 g/mol. The third kappa shape index (κ3) is 17.2. The van der Waals surface area contributed by atoms with E-state index in [1.807, 2.05) is 133 Å². The molecule has 708 valence electrons. The Morgan fingerprint density at radius 2 is 0.449 bits per heavy atom. The second-order valence-corrected chi connectivity index (χ2v) is 39.0. The quantitative estimate of drug-likeness (QED) is 0.0506. The van der Waals surface area contributed by atoms with Gasteiger partial charge in [0.25, 0.3) is 11.4 Å². The first-order chi connectivity index (χ1) is 72.0. The van der Waals surface area contributed by atoms with Crippen molar-refractivity contribution >= 4 is 251 Å². The zero-order valence-corrected chi connectivity index (χ0v) is 84.6. The van der Waals surface area contributed by atoms with E-state index >= 15 is 0 Å². The van der Waals surface area contributed by atoms with Crippen LogP contribution in [0, 0.1) is 23.8 Å². The normalized spacial score (nSPS) is 11.4. The van der Waals surface area contributed by atoms with Crippen LogP contribution < -0.4 is 5.73 Å². The number of benzene rings is 21. The van der Waals surface area contributed by atoms with Gasteiger partial charge in [-0.05, 0) is 262 Å². The van der Waals surface area contributed by atoms with Gasteiger partial charge in [-0.3, -0.25) is 20.2 Å². The SMILES string of the molecule is Clc1cccc2[nH]c3ccc4[nH]c5cccc(Cl)c5c4c3c12.Clc1cccc2c1c1c3c4c(Cl)cccc4n(-c4ccccc4)c3ccc1n2-c1ccccc1.Ic1ccccc1.Nc1ccc(-c2ccccc2)cc1.O=[N+]([O-])c1cccc(Cl)c1-c1ccccc1-c1c(Cl)cccc1[N+](=O)[O-].c1ccc(-c2ccc(-n3c4cccc5c4c4c6c7c(cccc73)n(-c3ccccc3)c6ccc4n5-c3ccccc3)cc2)cc1. The molecule has 0 unspecified atom stereocenters. The number of aromatic nitrogens is 7. The Hall–Kier alpha value is -16.7. The smallest absolute Gasteiger partial charge is 0.278 e. The molecular formula is C126H81Cl6IN10O4. The molecule has 0 fully saturated rings. The van der Waals surface area contributed by atoms with Gasteiger partial charge in [-0.1, -0.05) is 318 Å². The van der Waals surface area contributed by atoms with Gasteiger partial charge in [-0.15, -0.1) is 0 Å². The molecule has 0 amide bonds. The van der Waals surface area contributed by atoms with Crippen molar-refractivity contribution in [3.63, 3.8) is 0 Å². The number of nitrogens with zero attached hydrogens (tertiary/aromatic N) is 7. The zero-order valence-electron chi connectivity index (χ0n) is 77.9. The molecule has 0 radical (unpaired) electrons. The lowest BCUT2D eigenvalue weighted by atomic mass is 9.92. The molecule has 0 atom stereocenters. The van der Waals surface area contributed by atoms with E-state index in [-0.39, 0.29) is 32.5 Å². The van der Waals surface area contributed by atoms with Gasteiger partial charge in [-0.25, -0.2) is 0 Å². The van der Waals surface area contributed by atoms with Crippen LogP contribution in [0.15, 0.2) is 467 Å². The van der Waals surface area contributed by atoms with Crippen molar-refractivity contribution in [1.82, 2.24) is 32.8 Å². The molecule has 0 spiro atoms. The number of hydrogen-bond acceptors (Lipinski definition) is 5. The molecule has 28 aromatic rings. The lowest BCUT2D eigenvalue weighted by molar-refractivity contribution is -0.384. The van der Waals surface area contributed by atoms with E-state index < -0.39 is 9.85 Å². The summed E-state index contributed by atoms with van der Waals surface area (Å²) < 4.78 is 13.2. The molecule has 21 aromatic carbocycles. The molecule has 14 nitrogen and oxygen atoms in total. The summed E-state index contributed by atoms with van der Waals surface area (Å²) in [6.07, 6.45) is 0. The van der Waals surface area contributed by atoms with Crippen molar-refractivity contribution < 1.29 is 9.85 Å². The number of nitrogens with two attached hydrogens (primary N) is 1. The predicted molar refractivity (Wildman–Crippen MR) is 625 cm³/mol. The maximum atomic E-state index is 11.4. The Labute approximate surface area is 885 Å². The topological polar surface area (TPSA) is 169 Å². The molecule has 7 aromatic heterocycles. The van der Waals surface area contributed by atoms with Crippen molar-refractivity contribution in [2.24, 2.45) is 0 Å². The van der Waals surface area contributed by atoms with Crippen molar-refractivity contribution in [2.75, 3.05) is 5.73 Å². The Kier molecular flexibility index (Phi) is 25.6. The van der Waals surface area contributed by atoms with Crippen LogP contribution in [0.2, 0.25) is 30.1 Å². The largest absolute Gasteiger partial charge is 0.399 e. The fourth-order valence-corrected chi connectivity index (χ4v) is 22.8. The lowest BCUT2D eigenvalue weighted by Gasteiger charge is -2.14. The van der Waals surface area contributed by atoms with Crippen LogP contribution in [-0.4, -0.2) is 42.7 Å². The summed E-state index contributed by atoms with van der Waals surface area (Å²) in [5.74, 6) is 0. The van der Waals surface area contributed by atoms with Gasteiger partial charge in [0.1, 0.15) is 0 Å². The highest BCUT2D eigenvalue weighted by atomic mass is 127. The van der Waals surface area contributed by atoms with E-state index in [1.54, 1.807) is 24.3 Å². The third-order valence-electron chi connectivity index (χ3n) is 26.9. The number of nitro benzene ring substituents is 2. The van der Waals surface area contributed by atoms with Gasteiger partial charge in [0.05, 0.1) is 106 Å². The third-order valence-corrected chi connectivity index (χ3v) is 29.5. The van der Waals surface area contributed by atoms with Crippen LogP contribution in [0.5, 0.6) is 0 Å². The highest BCUT2D eigenvalue weighted by Crippen LogP contribution is 2.52. The number of hydrogen-bond donors (Lipinski definition) is 3. The average Bonchev–Trinajstić information content (AvgIpc) is 1.52. The number of H-pyrrole nitrogens is 2. The average molecular weight is 2140 g/mol. The Morgan fingerprint density at radius 3 is 0.769 bits per heavy atom. The van der Waals surface area contributed by atoms with Crippen LogP contribution in [0.1, 0.15) is 0 Å². The molecule has 0 saturated carbocycles. The summed E-state index contributed by atoms with van der Waals surface area (Å²) in [6.45, 7) is 0. The fraction of sp³-hybridized carbons (Fsp3) is 0. The standard InChI is InChI=1S/C42H27N3.C30H18Cl2N2.C18H10Cl2N2O4.C18H10Cl2N2.C12H11N.C6H5I/c1-4-12-28(13-5-1)29-22-24-32(25-23-29)45-35-20-10-18-33-39(35)41-37(43(33)30-14-6-2-7-15-30)26-27-38-42(41)40-34(19-11-21-36(40)45)44(38)31-16-8-3-9-17-31;31-21-13-7-15-23-27(21)29-25(33(23)19-9-3-1-4-10-19)17-18-26-30(29)28-22(32)14-8-16-24(28)34(26)20-11-5-2-6-12-20;19-13-7-3-9-15(21(23)24)17(13)11-5-1-2-6-12(11)18-14(20)8-4-10-16(18)22(25)26;19-9-3-1-5-11-15(9)17-13(21-11)7-8-14-18(17)16-10(20)4-2-6-12(16)22-14;13-12-8-6-11(7-9-12)10-4-2-1-3-5-10;7-6-4-2-1-3-5-6/h1-27H;1-18H;1-10H;1-8,21-22H;1-9H,13H2;1-5H. The number of nitrogens with one attached hydrogen (secondary N) is 2. The van der Waals surface area contributed by atoms with Crippen molar-refractivity contribution in [2.45, 2.75) is 0 Å². The van der Waals surface area contributed by atoms with E-state index in [2.05, 4.69) is 328 Å². The highest BCUT2D eigenvalue weighted by Gasteiger charge is 2.31. The van der Waals surface area contributed by atoms with Crippen molar-refractivity contribution in [3.05, 3.63) is 521 Å². The molecule has 0 saturated heterocycles. The number of para-hydroxylation sites is 4. The fourth-order valence-electron chi connectivity index (χ4n) is 20.8. The number of rotatable bonds is 11. The monoisotopic (exact) mass is 2130 g/mol. The minimum Gasteiger partial charge on any atom is -0.399 e. The van der Waals surface area contributed by atoms with Gasteiger partial charge >= 0.3 is 0 Å². The first kappa shape index (κ1) is 93.9. The van der Waals surface area contributed by atoms with E-state index in [9.17, 15) is 20.2 Å². The number of nitrogen functional groups attached to an aromatic ring is 1. The maximum Gasteiger partial charge on any atom is 0.278 e. The molecule has 7 heterocycles. The zero-order chi connectivity index (χ0) is 100. The van der Waals surface area contributed by atoms with Gasteiger partial charge in [-0.2, -0.15) is 0 Å². The van der Waals surface area contributed by atoms with Gasteiger partial charge in [0.2, 0.25) is 0 Å². The maximum absolute atomic E-state index is 11.4. The van der Waals surface area contributed by atoms with Crippen LogP contribution in [0.3, 0.4) is 0 Å². The van der Waals surface area contributed by atoms with Gasteiger partial charge < -0.3 is 38.5 Å². The van der Waals surface area contributed by atoms with Crippen LogP contribution in [-0.2, 0) is 0 Å². The van der Waals surface area contributed by atoms with E-state index in [0.717, 1.165) is 130 Å². The number of fused-ring (bicyclic) bond motifs is 14. The summed E-state index contributed by atoms with van der Waals surface area (Å²) in [7, 11) is 0. The van der Waals surface area contributed by atoms with Gasteiger partial charge in [0.15, 0.2) is 0 Å². The van der Waals surface area contributed by atoms with E-state index in [1.165, 1.54) is 128 Å². The minimum absolute atomic E-state index is 0.168. The Morgan fingerprint density at radius 1 is 0.211 bits per heavy atom. The first-order valence-electron chi connectivity index (χ1n) is 47.4. The number of nitro groups is 2. The summed E-state index contributed by atoms with van der Waals surface area (Å²) in [5.41, 5.74) is 33.5. The van der Waals surface area contributed by atoms with Crippen molar-refractivity contribution in [3.8, 4) is 72.9 Å². The lowest BCUT2D eigenvalue weighted by Crippen LogP contribution is -1.98. The molecule has 0 aliphatic rings. The predicted octanol–water partition coefficient (Wildman–Crippen LogP) is 37.8. The number of aromatic amines is 2. The van der Waals surface area contributed by atoms with Crippen LogP contribution >= 0.6 is 92.2 Å². The Balaban J connectivity index is 0.000000104. The summed E-state index contributed by atoms with van der Waals surface area (Å²) in [4.78, 5) is 28.7. The summed E-state index contributed by atoms with van der Waals surface area (Å²) in [6, 6.07) is 156. The van der Waals surface area contributed by atoms with Crippen LogP contribution in [0.4, 0.5) is 17.1 Å². The second kappa shape index (κ2) is 40.1. The molecule has 0 aliphatic heterocycles. The molecule has 0 bridgehead atoms.